The number of benzene rings is 2. The van der Waals surface area contributed by atoms with Crippen molar-refractivity contribution in [1.82, 2.24) is 4.98 Å². The molecule has 0 bridgehead atoms. The van der Waals surface area contributed by atoms with E-state index < -0.39 is 0 Å². The van der Waals surface area contributed by atoms with Gasteiger partial charge in [0.05, 0.1) is 0 Å². The number of nitrogens with zero attached hydrogens (tertiary/aromatic N) is 1. The molecule has 5 nitrogen and oxygen atoms in total. The number of hydrogen-bond acceptors (Lipinski definition) is 3. The molecule has 2 aromatic carbocycles. The first-order chi connectivity index (χ1) is 11.1. The molecule has 0 saturated heterocycles. The zero-order chi connectivity index (χ0) is 16.4. The minimum atomic E-state index is 0. The molecule has 1 heterocycles. The topological polar surface area (TPSA) is 86.6 Å². The summed E-state index contributed by atoms with van der Waals surface area (Å²) in [5.74, 6) is 1.05. The zero-order valence-corrected chi connectivity index (χ0v) is 14.1. The van der Waals surface area contributed by atoms with Crippen LogP contribution in [-0.2, 0) is 4.79 Å². The SMILES string of the molecule is CCC(=O)Nc1ccc(-c2nc3cc(C(C)C)ccc3o2)cc1.O. The van der Waals surface area contributed by atoms with Crippen LogP contribution in [0, 0.1) is 0 Å². The van der Waals surface area contributed by atoms with Gasteiger partial charge >= 0.3 is 0 Å². The predicted molar refractivity (Wildman–Crippen MR) is 96.1 cm³/mol. The van der Waals surface area contributed by atoms with Crippen molar-refractivity contribution in [2.75, 3.05) is 5.32 Å². The lowest BCUT2D eigenvalue weighted by atomic mass is 10.0. The maximum Gasteiger partial charge on any atom is 0.227 e. The van der Waals surface area contributed by atoms with Gasteiger partial charge < -0.3 is 15.2 Å². The predicted octanol–water partition coefficient (Wildman–Crippen LogP) is 4.14. The summed E-state index contributed by atoms with van der Waals surface area (Å²) in [6.07, 6.45) is 0.463. The molecule has 5 heteroatoms. The Labute approximate surface area is 141 Å². The second kappa shape index (κ2) is 7.27. The Balaban J connectivity index is 0.00000208. The van der Waals surface area contributed by atoms with Crippen LogP contribution in [0.2, 0.25) is 0 Å². The highest BCUT2D eigenvalue weighted by Crippen LogP contribution is 2.27. The fraction of sp³-hybridized carbons (Fsp3) is 0.263. The Morgan fingerprint density at radius 3 is 2.50 bits per heavy atom. The maximum absolute atomic E-state index is 11.4. The summed E-state index contributed by atoms with van der Waals surface area (Å²) in [5.41, 5.74) is 4.57. The van der Waals surface area contributed by atoms with Crippen molar-refractivity contribution in [1.29, 1.82) is 0 Å². The quantitative estimate of drug-likeness (QED) is 0.781. The van der Waals surface area contributed by atoms with Crippen LogP contribution in [-0.4, -0.2) is 16.4 Å². The first-order valence-corrected chi connectivity index (χ1v) is 7.87. The summed E-state index contributed by atoms with van der Waals surface area (Å²) in [6, 6.07) is 13.6. The first kappa shape index (κ1) is 17.7. The van der Waals surface area contributed by atoms with Crippen molar-refractivity contribution in [3.05, 3.63) is 48.0 Å². The Kier molecular flexibility index (Phi) is 5.36. The van der Waals surface area contributed by atoms with E-state index in [1.807, 2.05) is 37.3 Å². The molecule has 0 unspecified atom stereocenters. The molecule has 1 aromatic heterocycles. The van der Waals surface area contributed by atoms with Gasteiger partial charge in [-0.05, 0) is 47.9 Å². The molecule has 0 aliphatic rings. The van der Waals surface area contributed by atoms with E-state index in [0.29, 0.717) is 18.2 Å². The van der Waals surface area contributed by atoms with Gasteiger partial charge in [0.15, 0.2) is 5.58 Å². The van der Waals surface area contributed by atoms with Crippen molar-refractivity contribution in [3.63, 3.8) is 0 Å². The third-order valence-corrected chi connectivity index (χ3v) is 3.82. The van der Waals surface area contributed by atoms with Crippen LogP contribution >= 0.6 is 0 Å². The number of nitrogens with one attached hydrogen (secondary N) is 1. The van der Waals surface area contributed by atoms with E-state index in [0.717, 1.165) is 22.4 Å². The second-order valence-corrected chi connectivity index (χ2v) is 5.88. The summed E-state index contributed by atoms with van der Waals surface area (Å²) in [6.45, 7) is 6.14. The third-order valence-electron chi connectivity index (χ3n) is 3.82. The molecule has 126 valence electrons. The monoisotopic (exact) mass is 326 g/mol. The summed E-state index contributed by atoms with van der Waals surface area (Å²) < 4.78 is 5.83. The largest absolute Gasteiger partial charge is 0.436 e. The molecule has 3 aromatic rings. The Bertz CT molecular complexity index is 835. The number of fused-ring (bicyclic) bond motifs is 1. The van der Waals surface area contributed by atoms with E-state index in [-0.39, 0.29) is 11.4 Å². The molecule has 3 rings (SSSR count). The maximum atomic E-state index is 11.4. The van der Waals surface area contributed by atoms with Crippen LogP contribution in [0.5, 0.6) is 0 Å². The van der Waals surface area contributed by atoms with Crippen molar-refractivity contribution in [2.45, 2.75) is 33.1 Å². The van der Waals surface area contributed by atoms with E-state index in [9.17, 15) is 4.79 Å². The number of amides is 1. The van der Waals surface area contributed by atoms with Gasteiger partial charge in [0.2, 0.25) is 11.8 Å². The number of hydrogen-bond donors (Lipinski definition) is 1. The van der Waals surface area contributed by atoms with Gasteiger partial charge in [0.1, 0.15) is 5.52 Å². The number of carbonyl (C=O) groups is 1. The van der Waals surface area contributed by atoms with Crippen LogP contribution in [0.4, 0.5) is 5.69 Å². The van der Waals surface area contributed by atoms with E-state index in [2.05, 4.69) is 36.3 Å². The number of carbonyl (C=O) groups excluding carboxylic acids is 1. The van der Waals surface area contributed by atoms with Crippen molar-refractivity contribution < 1.29 is 14.7 Å². The lowest BCUT2D eigenvalue weighted by Crippen LogP contribution is -2.08. The van der Waals surface area contributed by atoms with E-state index in [4.69, 9.17) is 4.42 Å². The minimum absolute atomic E-state index is 0. The number of oxazole rings is 1. The lowest BCUT2D eigenvalue weighted by Gasteiger charge is -2.03. The summed E-state index contributed by atoms with van der Waals surface area (Å²) in [4.78, 5) is 16.0. The van der Waals surface area contributed by atoms with Gasteiger partial charge in [0, 0.05) is 17.7 Å². The molecular weight excluding hydrogens is 304 g/mol. The molecule has 3 N–H and O–H groups in total. The van der Waals surface area contributed by atoms with Crippen LogP contribution in [0.25, 0.3) is 22.6 Å². The highest BCUT2D eigenvalue weighted by Gasteiger charge is 2.10. The molecule has 0 aliphatic heterocycles. The normalized spacial score (nSPS) is 10.7. The average Bonchev–Trinajstić information content (AvgIpc) is 2.98. The van der Waals surface area contributed by atoms with Gasteiger partial charge in [0.25, 0.3) is 0 Å². The average molecular weight is 326 g/mol. The highest BCUT2D eigenvalue weighted by atomic mass is 16.3. The van der Waals surface area contributed by atoms with E-state index in [1.54, 1.807) is 0 Å². The third kappa shape index (κ3) is 3.63. The number of rotatable bonds is 4. The van der Waals surface area contributed by atoms with Crippen molar-refractivity contribution >= 4 is 22.7 Å². The fourth-order valence-corrected chi connectivity index (χ4v) is 2.37. The molecular formula is C19H22N2O3. The molecule has 0 saturated carbocycles. The summed E-state index contributed by atoms with van der Waals surface area (Å²) >= 11 is 0. The number of aromatic nitrogens is 1. The van der Waals surface area contributed by atoms with E-state index in [1.165, 1.54) is 5.56 Å². The van der Waals surface area contributed by atoms with Gasteiger partial charge in [-0.25, -0.2) is 4.98 Å². The van der Waals surface area contributed by atoms with Crippen LogP contribution in [0.1, 0.15) is 38.7 Å². The van der Waals surface area contributed by atoms with Crippen molar-refractivity contribution in [3.8, 4) is 11.5 Å². The minimum Gasteiger partial charge on any atom is -0.436 e. The fourth-order valence-electron chi connectivity index (χ4n) is 2.37. The summed E-state index contributed by atoms with van der Waals surface area (Å²) in [7, 11) is 0. The van der Waals surface area contributed by atoms with Crippen LogP contribution < -0.4 is 5.32 Å². The van der Waals surface area contributed by atoms with Gasteiger partial charge in [-0.3, -0.25) is 4.79 Å². The standard InChI is InChI=1S/C19H20N2O2.H2O/c1-4-18(22)20-15-8-5-13(6-9-15)19-21-16-11-14(12(2)3)7-10-17(16)23-19;/h5-12H,4H2,1-3H3,(H,20,22);1H2. The molecule has 0 fully saturated rings. The Morgan fingerprint density at radius 1 is 1.17 bits per heavy atom. The molecule has 0 radical (unpaired) electrons. The molecule has 24 heavy (non-hydrogen) atoms. The highest BCUT2D eigenvalue weighted by molar-refractivity contribution is 5.90. The van der Waals surface area contributed by atoms with Gasteiger partial charge in [-0.2, -0.15) is 0 Å². The second-order valence-electron chi connectivity index (χ2n) is 5.88. The first-order valence-electron chi connectivity index (χ1n) is 7.87. The van der Waals surface area contributed by atoms with E-state index >= 15 is 0 Å². The Hall–Kier alpha value is -2.66. The molecule has 0 spiro atoms. The van der Waals surface area contributed by atoms with Gasteiger partial charge in [-0.15, -0.1) is 0 Å². The van der Waals surface area contributed by atoms with Crippen molar-refractivity contribution in [2.24, 2.45) is 0 Å². The van der Waals surface area contributed by atoms with Gasteiger partial charge in [-0.1, -0.05) is 26.8 Å². The summed E-state index contributed by atoms with van der Waals surface area (Å²) in [5, 5.41) is 2.83. The molecule has 1 amide bonds. The Morgan fingerprint density at radius 2 is 1.88 bits per heavy atom. The molecule has 0 aliphatic carbocycles. The zero-order valence-electron chi connectivity index (χ0n) is 14.1. The smallest absolute Gasteiger partial charge is 0.227 e. The lowest BCUT2D eigenvalue weighted by molar-refractivity contribution is -0.115. The molecule has 0 atom stereocenters. The van der Waals surface area contributed by atoms with Crippen LogP contribution in [0.3, 0.4) is 0 Å². The van der Waals surface area contributed by atoms with Crippen LogP contribution in [0.15, 0.2) is 46.9 Å². The number of anilines is 1.